The molecule has 9 heteroatoms. The fourth-order valence-electron chi connectivity index (χ4n) is 3.04. The molecule has 4 rings (SSSR count). The SMILES string of the molecule is COc1ccc(N=C2NC(=O)/C(=C/c3ccc(OC(=O)c4cccc(F)c4)c(OC)c3)S2)cc1. The van der Waals surface area contributed by atoms with Gasteiger partial charge in [-0.15, -0.1) is 0 Å². The zero-order valence-corrected chi connectivity index (χ0v) is 19.0. The first-order valence-corrected chi connectivity index (χ1v) is 10.9. The number of nitrogens with zero attached hydrogens (tertiary/aromatic N) is 1. The molecule has 7 nitrogen and oxygen atoms in total. The molecule has 1 saturated heterocycles. The standard InChI is InChI=1S/C25H19FN2O5S/c1-31-19-9-7-18(8-10-19)27-25-28-23(29)22(34-25)13-15-6-11-20(21(12-15)32-2)33-24(30)16-4-3-5-17(26)14-16/h3-14H,1-2H3,(H,27,28,29)/b22-13-. The quantitative estimate of drug-likeness (QED) is 0.306. The lowest BCUT2D eigenvalue weighted by Gasteiger charge is -2.10. The fraction of sp³-hybridized carbons (Fsp3) is 0.0800. The number of rotatable bonds is 6. The van der Waals surface area contributed by atoms with Gasteiger partial charge in [0.2, 0.25) is 0 Å². The largest absolute Gasteiger partial charge is 0.497 e. The van der Waals surface area contributed by atoms with Crippen molar-refractivity contribution in [2.75, 3.05) is 14.2 Å². The number of carbonyl (C=O) groups is 2. The molecule has 172 valence electrons. The average Bonchev–Trinajstić information content (AvgIpc) is 3.18. The van der Waals surface area contributed by atoms with Crippen molar-refractivity contribution in [2.24, 2.45) is 4.99 Å². The molecule has 0 radical (unpaired) electrons. The Labute approximate surface area is 199 Å². The van der Waals surface area contributed by atoms with Gasteiger partial charge in [-0.1, -0.05) is 12.1 Å². The van der Waals surface area contributed by atoms with Crippen molar-refractivity contribution < 1.29 is 28.2 Å². The molecular weight excluding hydrogens is 459 g/mol. The number of esters is 1. The molecular formula is C25H19FN2O5S. The van der Waals surface area contributed by atoms with Gasteiger partial charge in [-0.05, 0) is 78.0 Å². The third kappa shape index (κ3) is 5.44. The summed E-state index contributed by atoms with van der Waals surface area (Å²) in [4.78, 5) is 29.6. The van der Waals surface area contributed by atoms with Crippen LogP contribution in [0.2, 0.25) is 0 Å². The summed E-state index contributed by atoms with van der Waals surface area (Å²) in [5, 5.41) is 3.19. The molecule has 34 heavy (non-hydrogen) atoms. The number of aliphatic imine (C=N–C) groups is 1. The summed E-state index contributed by atoms with van der Waals surface area (Å²) < 4.78 is 29.2. The highest BCUT2D eigenvalue weighted by molar-refractivity contribution is 8.18. The number of carbonyl (C=O) groups excluding carboxylic acids is 2. The van der Waals surface area contributed by atoms with Crippen molar-refractivity contribution in [3.63, 3.8) is 0 Å². The molecule has 3 aromatic carbocycles. The van der Waals surface area contributed by atoms with Crippen LogP contribution in [0.3, 0.4) is 0 Å². The lowest BCUT2D eigenvalue weighted by molar-refractivity contribution is -0.115. The number of thioether (sulfide) groups is 1. The van der Waals surface area contributed by atoms with Crippen LogP contribution in [0, 0.1) is 5.82 Å². The maximum absolute atomic E-state index is 13.4. The minimum absolute atomic E-state index is 0.0796. The van der Waals surface area contributed by atoms with E-state index in [1.807, 2.05) is 0 Å². The summed E-state index contributed by atoms with van der Waals surface area (Å²) in [6.07, 6.45) is 1.68. The van der Waals surface area contributed by atoms with Crippen LogP contribution in [0.4, 0.5) is 10.1 Å². The Balaban J connectivity index is 1.50. The van der Waals surface area contributed by atoms with E-state index in [1.54, 1.807) is 55.7 Å². The van der Waals surface area contributed by atoms with Crippen molar-refractivity contribution in [1.82, 2.24) is 5.32 Å². The Morgan fingerprint density at radius 2 is 1.79 bits per heavy atom. The molecule has 0 bridgehead atoms. The van der Waals surface area contributed by atoms with E-state index in [0.29, 0.717) is 27.1 Å². The minimum Gasteiger partial charge on any atom is -0.497 e. The predicted molar refractivity (Wildman–Crippen MR) is 128 cm³/mol. The highest BCUT2D eigenvalue weighted by Gasteiger charge is 2.24. The van der Waals surface area contributed by atoms with Crippen molar-refractivity contribution in [3.05, 3.63) is 88.6 Å². The van der Waals surface area contributed by atoms with Gasteiger partial charge in [0.05, 0.1) is 30.4 Å². The van der Waals surface area contributed by atoms with E-state index >= 15 is 0 Å². The number of amides is 1. The van der Waals surface area contributed by atoms with Crippen LogP contribution in [-0.2, 0) is 4.79 Å². The summed E-state index contributed by atoms with van der Waals surface area (Å²) in [7, 11) is 3.02. The first-order chi connectivity index (χ1) is 16.4. The number of benzene rings is 3. The van der Waals surface area contributed by atoms with Crippen molar-refractivity contribution in [3.8, 4) is 17.2 Å². The molecule has 1 heterocycles. The van der Waals surface area contributed by atoms with Gasteiger partial charge in [-0.2, -0.15) is 0 Å². The van der Waals surface area contributed by atoms with Crippen LogP contribution in [0.5, 0.6) is 17.2 Å². The van der Waals surface area contributed by atoms with Gasteiger partial charge >= 0.3 is 5.97 Å². The Hall–Kier alpha value is -4.11. The maximum Gasteiger partial charge on any atom is 0.343 e. The molecule has 1 aliphatic rings. The van der Waals surface area contributed by atoms with Gasteiger partial charge in [-0.3, -0.25) is 4.79 Å². The number of hydrogen-bond acceptors (Lipinski definition) is 7. The Bertz CT molecular complexity index is 1300. The number of methoxy groups -OCH3 is 2. The molecule has 0 unspecified atom stereocenters. The topological polar surface area (TPSA) is 86.2 Å². The fourth-order valence-corrected chi connectivity index (χ4v) is 3.88. The van der Waals surface area contributed by atoms with Gasteiger partial charge < -0.3 is 19.5 Å². The summed E-state index contributed by atoms with van der Waals surface area (Å²) in [6, 6.07) is 17.2. The van der Waals surface area contributed by atoms with Crippen LogP contribution in [-0.4, -0.2) is 31.3 Å². The molecule has 1 amide bonds. The molecule has 0 aliphatic carbocycles. The second-order valence-corrected chi connectivity index (χ2v) is 8.02. The third-order valence-corrected chi connectivity index (χ3v) is 5.61. The lowest BCUT2D eigenvalue weighted by Crippen LogP contribution is -2.19. The summed E-state index contributed by atoms with van der Waals surface area (Å²) in [5.74, 6) is -0.358. The molecule has 3 aromatic rings. The second-order valence-electron chi connectivity index (χ2n) is 6.99. The van der Waals surface area contributed by atoms with Crippen molar-refractivity contribution in [1.29, 1.82) is 0 Å². The van der Waals surface area contributed by atoms with Crippen LogP contribution in [0.1, 0.15) is 15.9 Å². The van der Waals surface area contributed by atoms with E-state index in [-0.39, 0.29) is 23.0 Å². The van der Waals surface area contributed by atoms with Crippen molar-refractivity contribution in [2.45, 2.75) is 0 Å². The smallest absolute Gasteiger partial charge is 0.343 e. The van der Waals surface area contributed by atoms with E-state index in [9.17, 15) is 14.0 Å². The van der Waals surface area contributed by atoms with E-state index < -0.39 is 11.8 Å². The van der Waals surface area contributed by atoms with Gasteiger partial charge in [0.1, 0.15) is 11.6 Å². The highest BCUT2D eigenvalue weighted by Crippen LogP contribution is 2.33. The molecule has 0 atom stereocenters. The highest BCUT2D eigenvalue weighted by atomic mass is 32.2. The van der Waals surface area contributed by atoms with Gasteiger partial charge in [-0.25, -0.2) is 14.2 Å². The number of ether oxygens (including phenoxy) is 3. The molecule has 1 fully saturated rings. The number of halogens is 1. The lowest BCUT2D eigenvalue weighted by atomic mass is 10.1. The normalized spacial score (nSPS) is 15.3. The van der Waals surface area contributed by atoms with Crippen LogP contribution < -0.4 is 19.5 Å². The Morgan fingerprint density at radius 1 is 1.00 bits per heavy atom. The zero-order valence-electron chi connectivity index (χ0n) is 18.2. The van der Waals surface area contributed by atoms with E-state index in [0.717, 1.165) is 6.07 Å². The van der Waals surface area contributed by atoms with Gasteiger partial charge in [0.25, 0.3) is 5.91 Å². The summed E-state index contributed by atoms with van der Waals surface area (Å²) in [6.45, 7) is 0. The number of amidine groups is 1. The first kappa shape index (κ1) is 23.1. The van der Waals surface area contributed by atoms with E-state index in [1.165, 1.54) is 37.1 Å². The average molecular weight is 479 g/mol. The van der Waals surface area contributed by atoms with Crippen LogP contribution in [0.15, 0.2) is 76.6 Å². The summed E-state index contributed by atoms with van der Waals surface area (Å²) in [5.41, 5.74) is 1.41. The number of nitrogens with one attached hydrogen (secondary N) is 1. The van der Waals surface area contributed by atoms with Crippen molar-refractivity contribution >= 4 is 40.6 Å². The Morgan fingerprint density at radius 3 is 2.50 bits per heavy atom. The molecule has 0 saturated carbocycles. The maximum atomic E-state index is 13.4. The first-order valence-electron chi connectivity index (χ1n) is 10.0. The van der Waals surface area contributed by atoms with Crippen LogP contribution >= 0.6 is 11.8 Å². The number of hydrogen-bond donors (Lipinski definition) is 1. The molecule has 1 N–H and O–H groups in total. The monoisotopic (exact) mass is 478 g/mol. The second kappa shape index (κ2) is 10.2. The molecule has 0 aromatic heterocycles. The van der Waals surface area contributed by atoms with Crippen LogP contribution in [0.25, 0.3) is 6.08 Å². The molecule has 0 spiro atoms. The van der Waals surface area contributed by atoms with E-state index in [2.05, 4.69) is 10.3 Å². The predicted octanol–water partition coefficient (Wildman–Crippen LogP) is 4.95. The van der Waals surface area contributed by atoms with E-state index in [4.69, 9.17) is 14.2 Å². The van der Waals surface area contributed by atoms with Gasteiger partial charge in [0, 0.05) is 0 Å². The molecule has 1 aliphatic heterocycles. The Kier molecular flexibility index (Phi) is 6.93. The minimum atomic E-state index is -0.714. The third-order valence-electron chi connectivity index (χ3n) is 4.70. The summed E-state index contributed by atoms with van der Waals surface area (Å²) >= 11 is 1.20. The zero-order chi connectivity index (χ0) is 24.1. The van der Waals surface area contributed by atoms with Gasteiger partial charge in [0.15, 0.2) is 16.7 Å².